The molecule has 1 fully saturated rings. The van der Waals surface area contributed by atoms with E-state index in [2.05, 4.69) is 36.3 Å². The Morgan fingerprint density at radius 2 is 2.18 bits per heavy atom. The molecule has 4 nitrogen and oxygen atoms in total. The fraction of sp³-hybridized carbons (Fsp3) is 0.500. The molecule has 0 aromatic heterocycles. The van der Waals surface area contributed by atoms with Crippen LogP contribution in [0.2, 0.25) is 0 Å². The smallest absolute Gasteiger partial charge is 0.387 e. The van der Waals surface area contributed by atoms with Gasteiger partial charge >= 0.3 is 6.61 Å². The molecule has 0 heterocycles. The summed E-state index contributed by atoms with van der Waals surface area (Å²) in [6.45, 7) is 0.155. The molecule has 0 atom stereocenters. The van der Waals surface area contributed by atoms with E-state index in [-0.39, 0.29) is 36.3 Å². The second-order valence-electron chi connectivity index (χ2n) is 4.74. The Morgan fingerprint density at radius 3 is 2.77 bits per heavy atom. The third kappa shape index (κ3) is 6.64. The van der Waals surface area contributed by atoms with Gasteiger partial charge in [0.05, 0.1) is 6.54 Å². The fourth-order valence-corrected chi connectivity index (χ4v) is 2.20. The number of hydrogen-bond donors (Lipinski definition) is 2. The van der Waals surface area contributed by atoms with Gasteiger partial charge in [-0.15, -0.1) is 24.0 Å². The molecule has 22 heavy (non-hydrogen) atoms. The van der Waals surface area contributed by atoms with Crippen molar-refractivity contribution >= 4 is 45.9 Å². The van der Waals surface area contributed by atoms with Crippen LogP contribution in [-0.4, -0.2) is 25.2 Å². The third-order valence-electron chi connectivity index (χ3n) is 2.91. The number of benzene rings is 1. The first kappa shape index (κ1) is 19.4. The highest BCUT2D eigenvalue weighted by atomic mass is 127. The molecule has 0 radical (unpaired) electrons. The van der Waals surface area contributed by atoms with Gasteiger partial charge < -0.3 is 15.4 Å². The Hall–Kier alpha value is -0.640. The lowest BCUT2D eigenvalue weighted by atomic mass is 10.2. The van der Waals surface area contributed by atoms with Crippen LogP contribution in [0.5, 0.6) is 5.75 Å². The average Bonchev–Trinajstić information content (AvgIpc) is 3.22. The molecule has 0 saturated heterocycles. The van der Waals surface area contributed by atoms with E-state index in [0.29, 0.717) is 17.6 Å². The molecule has 2 N–H and O–H groups in total. The Balaban J connectivity index is 0.00000242. The van der Waals surface area contributed by atoms with Crippen LogP contribution in [0.25, 0.3) is 0 Å². The van der Waals surface area contributed by atoms with Crippen molar-refractivity contribution < 1.29 is 13.5 Å². The van der Waals surface area contributed by atoms with Crippen LogP contribution < -0.4 is 15.4 Å². The maximum absolute atomic E-state index is 12.4. The second kappa shape index (κ2) is 9.49. The molecular weight excluding hydrogens is 471 g/mol. The highest BCUT2D eigenvalue weighted by Crippen LogP contribution is 2.25. The van der Waals surface area contributed by atoms with E-state index in [1.54, 1.807) is 12.1 Å². The average molecular weight is 490 g/mol. The number of guanidine groups is 1. The zero-order chi connectivity index (χ0) is 15.2. The zero-order valence-corrected chi connectivity index (χ0v) is 16.0. The van der Waals surface area contributed by atoms with Crippen LogP contribution >= 0.6 is 39.9 Å². The summed E-state index contributed by atoms with van der Waals surface area (Å²) < 4.78 is 30.1. The van der Waals surface area contributed by atoms with Crippen LogP contribution in [0, 0.1) is 0 Å². The van der Waals surface area contributed by atoms with Crippen molar-refractivity contribution in [3.63, 3.8) is 0 Å². The van der Waals surface area contributed by atoms with Crippen LogP contribution in [0.15, 0.2) is 27.7 Å². The summed E-state index contributed by atoms with van der Waals surface area (Å²) in [6.07, 6.45) is 2.28. The molecule has 1 aromatic rings. The van der Waals surface area contributed by atoms with E-state index < -0.39 is 6.61 Å². The van der Waals surface area contributed by atoms with Crippen LogP contribution in [0.4, 0.5) is 8.78 Å². The first-order valence-corrected chi connectivity index (χ1v) is 7.66. The second-order valence-corrected chi connectivity index (χ2v) is 5.66. The maximum atomic E-state index is 12.4. The topological polar surface area (TPSA) is 45.7 Å². The Kier molecular flexibility index (Phi) is 8.37. The molecule has 1 aromatic carbocycles. The summed E-state index contributed by atoms with van der Waals surface area (Å²) in [5, 5.41) is 6.41. The predicted octanol–water partition coefficient (Wildman–Crippen LogP) is 3.89. The Labute approximate surface area is 154 Å². The first-order chi connectivity index (χ1) is 10.1. The lowest BCUT2D eigenvalue weighted by Crippen LogP contribution is -2.38. The van der Waals surface area contributed by atoms with E-state index in [1.807, 2.05) is 6.92 Å². The number of rotatable bonds is 6. The van der Waals surface area contributed by atoms with Gasteiger partial charge in [-0.1, -0.05) is 15.9 Å². The van der Waals surface area contributed by atoms with Crippen molar-refractivity contribution in [2.45, 2.75) is 39.0 Å². The van der Waals surface area contributed by atoms with E-state index in [4.69, 9.17) is 0 Å². The number of hydrogen-bond acceptors (Lipinski definition) is 2. The molecule has 0 aliphatic heterocycles. The summed E-state index contributed by atoms with van der Waals surface area (Å²) in [6, 6.07) is 5.39. The molecular formula is C14H19BrF2IN3O. The van der Waals surface area contributed by atoms with Crippen molar-refractivity contribution in [1.29, 1.82) is 0 Å². The van der Waals surface area contributed by atoms with Gasteiger partial charge in [0, 0.05) is 22.6 Å². The summed E-state index contributed by atoms with van der Waals surface area (Å²) in [5.74, 6) is 0.849. The van der Waals surface area contributed by atoms with Gasteiger partial charge in [0.2, 0.25) is 0 Å². The van der Waals surface area contributed by atoms with Gasteiger partial charge in [-0.05, 0) is 38.0 Å². The molecule has 0 amide bonds. The Morgan fingerprint density at radius 1 is 1.45 bits per heavy atom. The number of nitrogens with one attached hydrogen (secondary N) is 2. The number of nitrogens with zero attached hydrogens (tertiary/aromatic N) is 1. The van der Waals surface area contributed by atoms with Gasteiger partial charge in [0.15, 0.2) is 5.96 Å². The highest BCUT2D eigenvalue weighted by molar-refractivity contribution is 14.0. The largest absolute Gasteiger partial charge is 0.434 e. The minimum atomic E-state index is -2.84. The van der Waals surface area contributed by atoms with E-state index in [0.717, 1.165) is 23.9 Å². The predicted molar refractivity (Wildman–Crippen MR) is 97.2 cm³/mol. The summed E-state index contributed by atoms with van der Waals surface area (Å²) in [5.41, 5.74) is 0.609. The van der Waals surface area contributed by atoms with Gasteiger partial charge in [-0.25, -0.2) is 4.99 Å². The van der Waals surface area contributed by atoms with Crippen LogP contribution in [-0.2, 0) is 6.54 Å². The molecule has 1 saturated carbocycles. The molecule has 0 unspecified atom stereocenters. The molecule has 0 bridgehead atoms. The minimum absolute atomic E-state index is 0. The zero-order valence-electron chi connectivity index (χ0n) is 12.1. The quantitative estimate of drug-likeness (QED) is 0.362. The first-order valence-electron chi connectivity index (χ1n) is 6.86. The summed E-state index contributed by atoms with van der Waals surface area (Å²) in [4.78, 5) is 4.42. The van der Waals surface area contributed by atoms with Crippen molar-refractivity contribution in [1.82, 2.24) is 10.6 Å². The molecule has 0 spiro atoms. The van der Waals surface area contributed by atoms with E-state index in [9.17, 15) is 8.78 Å². The van der Waals surface area contributed by atoms with Crippen molar-refractivity contribution in [3.8, 4) is 5.75 Å². The minimum Gasteiger partial charge on any atom is -0.434 e. The van der Waals surface area contributed by atoms with Crippen LogP contribution in [0.3, 0.4) is 0 Å². The number of halogens is 4. The van der Waals surface area contributed by atoms with Crippen molar-refractivity contribution in [2.75, 3.05) is 6.54 Å². The summed E-state index contributed by atoms with van der Waals surface area (Å²) in [7, 11) is 0. The third-order valence-corrected chi connectivity index (χ3v) is 3.40. The monoisotopic (exact) mass is 489 g/mol. The maximum Gasteiger partial charge on any atom is 0.387 e. The van der Waals surface area contributed by atoms with Crippen molar-refractivity contribution in [2.24, 2.45) is 4.99 Å². The van der Waals surface area contributed by atoms with Crippen LogP contribution in [0.1, 0.15) is 25.3 Å². The highest BCUT2D eigenvalue weighted by Gasteiger charge is 2.22. The van der Waals surface area contributed by atoms with Gasteiger partial charge in [0.25, 0.3) is 0 Å². The van der Waals surface area contributed by atoms with E-state index >= 15 is 0 Å². The number of ether oxygens (including phenoxy) is 1. The van der Waals surface area contributed by atoms with Gasteiger partial charge in [-0.2, -0.15) is 8.78 Å². The lowest BCUT2D eigenvalue weighted by molar-refractivity contribution is -0.0504. The SMILES string of the molecule is CCNC(=NCc1cc(Br)ccc1OC(F)F)NC1CC1.I. The molecule has 8 heteroatoms. The molecule has 124 valence electrons. The van der Waals surface area contributed by atoms with Gasteiger partial charge in [-0.3, -0.25) is 0 Å². The lowest BCUT2D eigenvalue weighted by Gasteiger charge is -2.12. The fourth-order valence-electron chi connectivity index (χ4n) is 1.79. The normalized spacial score (nSPS) is 14.5. The number of alkyl halides is 2. The molecule has 2 rings (SSSR count). The molecule has 1 aliphatic carbocycles. The molecule has 1 aliphatic rings. The van der Waals surface area contributed by atoms with Crippen molar-refractivity contribution in [3.05, 3.63) is 28.2 Å². The Bertz CT molecular complexity index is 513. The summed E-state index contributed by atoms with van der Waals surface area (Å²) >= 11 is 3.33. The van der Waals surface area contributed by atoms with E-state index in [1.165, 1.54) is 6.07 Å². The number of aliphatic imine (C=N–C) groups is 1. The standard InChI is InChI=1S/C14H18BrF2N3O.HI/c1-2-18-14(20-11-4-5-11)19-8-9-7-10(15)3-6-12(9)21-13(16)17;/h3,6-7,11,13H,2,4-5,8H2,1H3,(H2,18,19,20);1H. The van der Waals surface area contributed by atoms with Gasteiger partial charge in [0.1, 0.15) is 5.75 Å².